The lowest BCUT2D eigenvalue weighted by atomic mass is 10.1. The van der Waals surface area contributed by atoms with Gasteiger partial charge in [-0.05, 0) is 37.1 Å². The van der Waals surface area contributed by atoms with E-state index in [1.54, 1.807) is 12.1 Å². The maximum absolute atomic E-state index is 13.7. The third-order valence-corrected chi connectivity index (χ3v) is 5.20. The fraction of sp³-hybridized carbons (Fsp3) is 0.417. The molecule has 1 amide bonds. The van der Waals surface area contributed by atoms with Crippen LogP contribution in [0.5, 0.6) is 0 Å². The van der Waals surface area contributed by atoms with Crippen LogP contribution >= 0.6 is 0 Å². The molecule has 3 rings (SSSR count). The molecule has 29 heavy (non-hydrogen) atoms. The SMILES string of the molecule is CCCCCCCn1c(CCCNC(=O)c2ccccc2F)nc2ccccc21. The summed E-state index contributed by atoms with van der Waals surface area (Å²) in [5, 5.41) is 2.81. The number of aromatic nitrogens is 2. The normalized spacial score (nSPS) is 11.1. The van der Waals surface area contributed by atoms with E-state index in [1.807, 2.05) is 12.1 Å². The third kappa shape index (κ3) is 5.66. The highest BCUT2D eigenvalue weighted by atomic mass is 19.1. The molecule has 0 spiro atoms. The van der Waals surface area contributed by atoms with E-state index < -0.39 is 5.82 Å². The van der Waals surface area contributed by atoms with Crippen LogP contribution in [0.25, 0.3) is 11.0 Å². The van der Waals surface area contributed by atoms with Gasteiger partial charge in [-0.25, -0.2) is 9.37 Å². The smallest absolute Gasteiger partial charge is 0.254 e. The number of nitrogens with one attached hydrogen (secondary N) is 1. The lowest BCUT2D eigenvalue weighted by molar-refractivity contribution is 0.0949. The van der Waals surface area contributed by atoms with Gasteiger partial charge in [0.05, 0.1) is 16.6 Å². The van der Waals surface area contributed by atoms with Gasteiger partial charge in [0.1, 0.15) is 11.6 Å². The second-order valence-corrected chi connectivity index (χ2v) is 7.42. The van der Waals surface area contributed by atoms with E-state index in [4.69, 9.17) is 4.98 Å². The first-order valence-corrected chi connectivity index (χ1v) is 10.7. The van der Waals surface area contributed by atoms with Crippen LogP contribution < -0.4 is 5.32 Å². The fourth-order valence-corrected chi connectivity index (χ4v) is 3.63. The molecule has 0 radical (unpaired) electrons. The molecule has 0 fully saturated rings. The molecule has 0 aliphatic rings. The lowest BCUT2D eigenvalue weighted by Gasteiger charge is -2.10. The molecule has 0 atom stereocenters. The number of nitrogens with zero attached hydrogens (tertiary/aromatic N) is 2. The van der Waals surface area contributed by atoms with E-state index in [-0.39, 0.29) is 11.5 Å². The predicted octanol–water partition coefficient (Wildman–Crippen LogP) is 5.51. The quantitative estimate of drug-likeness (QED) is 0.435. The molecule has 0 saturated heterocycles. The Hall–Kier alpha value is -2.69. The number of carbonyl (C=O) groups excluding carboxylic acids is 1. The lowest BCUT2D eigenvalue weighted by Crippen LogP contribution is -2.25. The molecule has 0 aliphatic heterocycles. The zero-order valence-electron chi connectivity index (χ0n) is 17.2. The minimum atomic E-state index is -0.491. The maximum Gasteiger partial charge on any atom is 0.254 e. The van der Waals surface area contributed by atoms with Crippen molar-refractivity contribution in [2.24, 2.45) is 0 Å². The monoisotopic (exact) mass is 395 g/mol. The zero-order valence-corrected chi connectivity index (χ0v) is 17.2. The Morgan fingerprint density at radius 2 is 1.76 bits per heavy atom. The largest absolute Gasteiger partial charge is 0.352 e. The molecule has 154 valence electrons. The van der Waals surface area contributed by atoms with E-state index in [2.05, 4.69) is 28.9 Å². The zero-order chi connectivity index (χ0) is 20.5. The standard InChI is InChI=1S/C24H30FN3O/c1-2-3-4-5-10-18-28-22-15-9-8-14-21(22)27-23(28)16-11-17-26-24(29)19-12-6-7-13-20(19)25/h6-9,12-15H,2-5,10-11,16-18H2,1H3,(H,26,29). The number of hydrogen-bond acceptors (Lipinski definition) is 2. The van der Waals surface area contributed by atoms with Gasteiger partial charge < -0.3 is 9.88 Å². The Balaban J connectivity index is 1.57. The topological polar surface area (TPSA) is 46.9 Å². The van der Waals surface area contributed by atoms with Gasteiger partial charge in [0.15, 0.2) is 0 Å². The van der Waals surface area contributed by atoms with Crippen molar-refractivity contribution in [1.29, 1.82) is 0 Å². The molecular formula is C24H30FN3O. The molecule has 5 heteroatoms. The van der Waals surface area contributed by atoms with Gasteiger partial charge in [0, 0.05) is 19.5 Å². The maximum atomic E-state index is 13.7. The second-order valence-electron chi connectivity index (χ2n) is 7.42. The molecule has 0 unspecified atom stereocenters. The number of rotatable bonds is 11. The van der Waals surface area contributed by atoms with Gasteiger partial charge in [-0.3, -0.25) is 4.79 Å². The molecule has 0 bridgehead atoms. The van der Waals surface area contributed by atoms with Crippen molar-refractivity contribution in [3.05, 3.63) is 65.7 Å². The van der Waals surface area contributed by atoms with Crippen molar-refractivity contribution in [3.8, 4) is 0 Å². The highest BCUT2D eigenvalue weighted by molar-refractivity contribution is 5.94. The Bertz CT molecular complexity index is 935. The summed E-state index contributed by atoms with van der Waals surface area (Å²) in [5.41, 5.74) is 2.28. The number of unbranched alkanes of at least 4 members (excludes halogenated alkanes) is 4. The van der Waals surface area contributed by atoms with Gasteiger partial charge in [0.2, 0.25) is 0 Å². The van der Waals surface area contributed by atoms with Crippen molar-refractivity contribution in [2.45, 2.75) is 58.4 Å². The number of carbonyl (C=O) groups is 1. The first-order chi connectivity index (χ1) is 14.2. The van der Waals surface area contributed by atoms with Crippen LogP contribution in [-0.2, 0) is 13.0 Å². The summed E-state index contributed by atoms with van der Waals surface area (Å²) in [5.74, 6) is 0.198. The number of imidazole rings is 1. The number of para-hydroxylation sites is 2. The molecule has 1 N–H and O–H groups in total. The first-order valence-electron chi connectivity index (χ1n) is 10.7. The van der Waals surface area contributed by atoms with Gasteiger partial charge in [-0.15, -0.1) is 0 Å². The summed E-state index contributed by atoms with van der Waals surface area (Å²) < 4.78 is 16.0. The number of halogens is 1. The van der Waals surface area contributed by atoms with Crippen molar-refractivity contribution >= 4 is 16.9 Å². The van der Waals surface area contributed by atoms with E-state index in [1.165, 1.54) is 43.3 Å². The minimum Gasteiger partial charge on any atom is -0.352 e. The van der Waals surface area contributed by atoms with Crippen LogP contribution in [-0.4, -0.2) is 22.0 Å². The summed E-state index contributed by atoms with van der Waals surface area (Å²) in [7, 11) is 0. The fourth-order valence-electron chi connectivity index (χ4n) is 3.63. The summed E-state index contributed by atoms with van der Waals surface area (Å²) in [6.07, 6.45) is 7.74. The number of hydrogen-bond donors (Lipinski definition) is 1. The summed E-state index contributed by atoms with van der Waals surface area (Å²) >= 11 is 0. The minimum absolute atomic E-state index is 0.0896. The Morgan fingerprint density at radius 3 is 2.59 bits per heavy atom. The van der Waals surface area contributed by atoms with Crippen LogP contribution in [0, 0.1) is 5.82 Å². The molecule has 1 heterocycles. The van der Waals surface area contributed by atoms with Gasteiger partial charge in [-0.2, -0.15) is 0 Å². The number of benzene rings is 2. The van der Waals surface area contributed by atoms with Crippen LogP contribution in [0.3, 0.4) is 0 Å². The molecule has 0 saturated carbocycles. The predicted molar refractivity (Wildman–Crippen MR) is 116 cm³/mol. The average molecular weight is 396 g/mol. The number of aryl methyl sites for hydroxylation is 2. The third-order valence-electron chi connectivity index (χ3n) is 5.20. The molecule has 2 aromatic carbocycles. The van der Waals surface area contributed by atoms with Gasteiger partial charge in [-0.1, -0.05) is 56.9 Å². The second kappa shape index (κ2) is 10.7. The van der Waals surface area contributed by atoms with E-state index >= 15 is 0 Å². The van der Waals surface area contributed by atoms with Crippen molar-refractivity contribution < 1.29 is 9.18 Å². The van der Waals surface area contributed by atoms with Crippen molar-refractivity contribution in [2.75, 3.05) is 6.54 Å². The molecule has 0 aliphatic carbocycles. The Morgan fingerprint density at radius 1 is 1.00 bits per heavy atom. The molecule has 4 nitrogen and oxygen atoms in total. The number of fused-ring (bicyclic) bond motifs is 1. The van der Waals surface area contributed by atoms with Crippen LogP contribution in [0.1, 0.15) is 61.6 Å². The van der Waals surface area contributed by atoms with Crippen LogP contribution in [0.4, 0.5) is 4.39 Å². The van der Waals surface area contributed by atoms with Gasteiger partial charge in [0.25, 0.3) is 5.91 Å². The summed E-state index contributed by atoms with van der Waals surface area (Å²) in [6.45, 7) is 3.69. The van der Waals surface area contributed by atoms with Gasteiger partial charge >= 0.3 is 0 Å². The first kappa shape index (κ1) is 21.0. The molecular weight excluding hydrogens is 365 g/mol. The Kier molecular flexibility index (Phi) is 7.79. The summed E-state index contributed by atoms with van der Waals surface area (Å²) in [4.78, 5) is 16.9. The van der Waals surface area contributed by atoms with Crippen LogP contribution in [0.2, 0.25) is 0 Å². The molecule has 1 aromatic heterocycles. The summed E-state index contributed by atoms with van der Waals surface area (Å²) in [6, 6.07) is 14.3. The van der Waals surface area contributed by atoms with E-state index in [0.29, 0.717) is 6.54 Å². The van der Waals surface area contributed by atoms with Crippen molar-refractivity contribution in [3.63, 3.8) is 0 Å². The highest BCUT2D eigenvalue weighted by Crippen LogP contribution is 2.18. The Labute approximate surface area is 172 Å². The van der Waals surface area contributed by atoms with E-state index in [0.717, 1.165) is 37.1 Å². The van der Waals surface area contributed by atoms with E-state index in [9.17, 15) is 9.18 Å². The van der Waals surface area contributed by atoms with Crippen LogP contribution in [0.15, 0.2) is 48.5 Å². The average Bonchev–Trinajstić information content (AvgIpc) is 3.09. The number of amides is 1. The molecule has 3 aromatic rings. The van der Waals surface area contributed by atoms with Crippen molar-refractivity contribution in [1.82, 2.24) is 14.9 Å². The highest BCUT2D eigenvalue weighted by Gasteiger charge is 2.12.